The van der Waals surface area contributed by atoms with Crippen LogP contribution in [0.1, 0.15) is 20.3 Å². The second-order valence-electron chi connectivity index (χ2n) is 5.15. The van der Waals surface area contributed by atoms with E-state index in [0.29, 0.717) is 24.5 Å². The molecule has 2 N–H and O–H groups in total. The summed E-state index contributed by atoms with van der Waals surface area (Å²) < 4.78 is 5.40. The lowest BCUT2D eigenvalue weighted by Gasteiger charge is -2.15. The maximum atomic E-state index is 12.1. The fourth-order valence-corrected chi connectivity index (χ4v) is 2.40. The highest BCUT2D eigenvalue weighted by atomic mass is 16.5. The van der Waals surface area contributed by atoms with Crippen molar-refractivity contribution in [2.45, 2.75) is 26.3 Å². The van der Waals surface area contributed by atoms with E-state index in [1.165, 1.54) is 4.90 Å². The fourth-order valence-electron chi connectivity index (χ4n) is 2.40. The quantitative estimate of drug-likeness (QED) is 0.725. The summed E-state index contributed by atoms with van der Waals surface area (Å²) >= 11 is 0. The van der Waals surface area contributed by atoms with Crippen molar-refractivity contribution in [1.82, 2.24) is 10.2 Å². The fraction of sp³-hybridized carbons (Fsp3) is 0.438. The molecule has 1 saturated heterocycles. The number of rotatable bonds is 7. The van der Waals surface area contributed by atoms with Crippen LogP contribution in [-0.4, -0.2) is 48.4 Å². The predicted molar refractivity (Wildman–Crippen MR) is 85.0 cm³/mol. The number of hydrogen-bond donors (Lipinski definition) is 2. The molecule has 1 atom stereocenters. The van der Waals surface area contributed by atoms with Crippen molar-refractivity contribution in [3.05, 3.63) is 24.3 Å². The molecule has 1 aliphatic rings. The van der Waals surface area contributed by atoms with Gasteiger partial charge in [0.1, 0.15) is 11.8 Å². The van der Waals surface area contributed by atoms with E-state index in [-0.39, 0.29) is 30.7 Å². The summed E-state index contributed by atoms with van der Waals surface area (Å²) in [4.78, 5) is 36.4. The van der Waals surface area contributed by atoms with Gasteiger partial charge in [-0.05, 0) is 26.0 Å². The van der Waals surface area contributed by atoms with E-state index in [4.69, 9.17) is 4.74 Å². The molecule has 1 aliphatic heterocycles. The van der Waals surface area contributed by atoms with Gasteiger partial charge in [0.15, 0.2) is 6.61 Å². The Morgan fingerprint density at radius 3 is 2.78 bits per heavy atom. The van der Waals surface area contributed by atoms with Crippen molar-refractivity contribution in [3.63, 3.8) is 0 Å². The lowest BCUT2D eigenvalue weighted by molar-refractivity contribution is -0.138. The van der Waals surface area contributed by atoms with E-state index in [9.17, 15) is 14.4 Å². The van der Waals surface area contributed by atoms with Crippen LogP contribution < -0.4 is 15.4 Å². The van der Waals surface area contributed by atoms with Crippen molar-refractivity contribution < 1.29 is 19.1 Å². The number of ether oxygens (including phenoxy) is 1. The van der Waals surface area contributed by atoms with Gasteiger partial charge in [0.25, 0.3) is 11.8 Å². The summed E-state index contributed by atoms with van der Waals surface area (Å²) in [6.07, 6.45) is 0.149. The van der Waals surface area contributed by atoms with Gasteiger partial charge in [-0.2, -0.15) is 0 Å². The third-order valence-corrected chi connectivity index (χ3v) is 3.48. The maximum absolute atomic E-state index is 12.1. The van der Waals surface area contributed by atoms with Crippen molar-refractivity contribution in [1.29, 1.82) is 0 Å². The first-order valence-electron chi connectivity index (χ1n) is 7.65. The van der Waals surface area contributed by atoms with Crippen molar-refractivity contribution >= 4 is 23.4 Å². The lowest BCUT2D eigenvalue weighted by Crippen LogP contribution is -2.34. The molecule has 124 valence electrons. The Bertz CT molecular complexity index is 603. The van der Waals surface area contributed by atoms with Crippen LogP contribution in [0.25, 0.3) is 0 Å². The van der Waals surface area contributed by atoms with Gasteiger partial charge in [-0.1, -0.05) is 6.07 Å². The summed E-state index contributed by atoms with van der Waals surface area (Å²) in [5.41, 5.74) is 0.669. The topological polar surface area (TPSA) is 87.7 Å². The number of benzene rings is 1. The van der Waals surface area contributed by atoms with Crippen LogP contribution in [-0.2, 0) is 14.4 Å². The SMILES string of the molecule is CCNC(=O)COc1cccc(N[C@H]2CC(=O)N(CC)C2=O)c1. The van der Waals surface area contributed by atoms with Gasteiger partial charge in [-0.25, -0.2) is 0 Å². The Hall–Kier alpha value is -2.57. The average molecular weight is 319 g/mol. The van der Waals surface area contributed by atoms with E-state index in [2.05, 4.69) is 10.6 Å². The molecule has 0 spiro atoms. The number of nitrogens with one attached hydrogen (secondary N) is 2. The number of nitrogens with zero attached hydrogens (tertiary/aromatic N) is 1. The minimum Gasteiger partial charge on any atom is -0.484 e. The van der Waals surface area contributed by atoms with Gasteiger partial charge in [0.2, 0.25) is 5.91 Å². The molecular formula is C16H21N3O4. The van der Waals surface area contributed by atoms with E-state index >= 15 is 0 Å². The number of imide groups is 1. The Morgan fingerprint density at radius 2 is 2.13 bits per heavy atom. The summed E-state index contributed by atoms with van der Waals surface area (Å²) in [5.74, 6) is -0.0591. The molecular weight excluding hydrogens is 298 g/mol. The number of likely N-dealkylation sites (N-methyl/N-ethyl adjacent to an activating group) is 2. The average Bonchev–Trinajstić information content (AvgIpc) is 2.79. The highest BCUT2D eigenvalue weighted by molar-refractivity contribution is 6.06. The van der Waals surface area contributed by atoms with Crippen molar-refractivity contribution in [2.75, 3.05) is 25.0 Å². The van der Waals surface area contributed by atoms with E-state index < -0.39 is 6.04 Å². The molecule has 1 fully saturated rings. The number of anilines is 1. The highest BCUT2D eigenvalue weighted by Gasteiger charge is 2.37. The summed E-state index contributed by atoms with van der Waals surface area (Å²) in [5, 5.41) is 5.69. The van der Waals surface area contributed by atoms with Crippen LogP contribution in [0, 0.1) is 0 Å². The number of likely N-dealkylation sites (tertiary alicyclic amines) is 1. The number of hydrogen-bond acceptors (Lipinski definition) is 5. The molecule has 23 heavy (non-hydrogen) atoms. The second-order valence-corrected chi connectivity index (χ2v) is 5.15. The van der Waals surface area contributed by atoms with Crippen LogP contribution in [0.3, 0.4) is 0 Å². The standard InChI is InChI=1S/C16H21N3O4/c1-3-17-14(20)10-23-12-7-5-6-11(8-12)18-13-9-15(21)19(4-2)16(13)22/h5-8,13,18H,3-4,9-10H2,1-2H3,(H,17,20)/t13-/m0/s1. The first-order valence-corrected chi connectivity index (χ1v) is 7.65. The van der Waals surface area contributed by atoms with Crippen molar-refractivity contribution in [3.8, 4) is 5.75 Å². The molecule has 0 aromatic heterocycles. The minimum atomic E-state index is -0.555. The van der Waals surface area contributed by atoms with Crippen LogP contribution in [0.5, 0.6) is 5.75 Å². The molecule has 0 bridgehead atoms. The normalized spacial score (nSPS) is 17.3. The molecule has 3 amide bonds. The molecule has 7 heteroatoms. The molecule has 0 saturated carbocycles. The minimum absolute atomic E-state index is 0.0677. The molecule has 0 unspecified atom stereocenters. The zero-order valence-corrected chi connectivity index (χ0v) is 13.3. The summed E-state index contributed by atoms with van der Waals surface area (Å²) in [6.45, 7) is 4.47. The monoisotopic (exact) mass is 319 g/mol. The van der Waals surface area contributed by atoms with E-state index in [0.717, 1.165) is 0 Å². The molecule has 0 aliphatic carbocycles. The third kappa shape index (κ3) is 4.21. The van der Waals surface area contributed by atoms with E-state index in [1.54, 1.807) is 31.2 Å². The second kappa shape index (κ2) is 7.62. The Balaban J connectivity index is 1.96. The van der Waals surface area contributed by atoms with Crippen LogP contribution in [0.2, 0.25) is 0 Å². The summed E-state index contributed by atoms with van der Waals surface area (Å²) in [7, 11) is 0. The van der Waals surface area contributed by atoms with Crippen LogP contribution in [0.15, 0.2) is 24.3 Å². The smallest absolute Gasteiger partial charge is 0.257 e. The van der Waals surface area contributed by atoms with Crippen LogP contribution >= 0.6 is 0 Å². The number of carbonyl (C=O) groups is 3. The lowest BCUT2D eigenvalue weighted by atomic mass is 10.2. The van der Waals surface area contributed by atoms with Gasteiger partial charge >= 0.3 is 0 Å². The zero-order valence-electron chi connectivity index (χ0n) is 13.3. The molecule has 0 radical (unpaired) electrons. The molecule has 7 nitrogen and oxygen atoms in total. The molecule has 1 heterocycles. The summed E-state index contributed by atoms with van der Waals surface area (Å²) in [6, 6.07) is 6.41. The number of amides is 3. The van der Waals surface area contributed by atoms with Gasteiger partial charge in [-0.15, -0.1) is 0 Å². The Labute approximate surface area is 135 Å². The van der Waals surface area contributed by atoms with Crippen LogP contribution in [0.4, 0.5) is 5.69 Å². The van der Waals surface area contributed by atoms with Gasteiger partial charge in [-0.3, -0.25) is 19.3 Å². The molecule has 1 aromatic rings. The highest BCUT2D eigenvalue weighted by Crippen LogP contribution is 2.21. The zero-order chi connectivity index (χ0) is 16.8. The van der Waals surface area contributed by atoms with Crippen molar-refractivity contribution in [2.24, 2.45) is 0 Å². The third-order valence-electron chi connectivity index (χ3n) is 3.48. The molecule has 2 rings (SSSR count). The van der Waals surface area contributed by atoms with Gasteiger partial charge in [0, 0.05) is 24.8 Å². The van der Waals surface area contributed by atoms with Gasteiger partial charge in [0.05, 0.1) is 6.42 Å². The van der Waals surface area contributed by atoms with E-state index in [1.807, 2.05) is 6.92 Å². The Morgan fingerprint density at radius 1 is 1.35 bits per heavy atom. The van der Waals surface area contributed by atoms with Gasteiger partial charge < -0.3 is 15.4 Å². The number of carbonyl (C=O) groups excluding carboxylic acids is 3. The first kappa shape index (κ1) is 16.8. The largest absolute Gasteiger partial charge is 0.484 e. The first-order chi connectivity index (χ1) is 11.0. The maximum Gasteiger partial charge on any atom is 0.257 e. The predicted octanol–water partition coefficient (Wildman–Crippen LogP) is 0.761. The molecule has 1 aromatic carbocycles. The Kier molecular flexibility index (Phi) is 5.56.